The van der Waals surface area contributed by atoms with Crippen LogP contribution in [-0.2, 0) is 9.47 Å². The summed E-state index contributed by atoms with van der Waals surface area (Å²) in [6.07, 6.45) is 3.78. The summed E-state index contributed by atoms with van der Waals surface area (Å²) in [4.78, 5) is 18.0. The number of nitrogens with zero attached hydrogens (tertiary/aromatic N) is 3. The first kappa shape index (κ1) is 18.5. The highest BCUT2D eigenvalue weighted by Gasteiger charge is 2.40. The molecule has 0 spiro atoms. The lowest BCUT2D eigenvalue weighted by Gasteiger charge is -2.31. The number of hydrogen-bond donors (Lipinski definition) is 0. The highest BCUT2D eigenvalue weighted by molar-refractivity contribution is 5.70. The van der Waals surface area contributed by atoms with Crippen LogP contribution in [0.3, 0.4) is 0 Å². The summed E-state index contributed by atoms with van der Waals surface area (Å²) in [6.45, 7) is 5.15. The molecule has 0 unspecified atom stereocenters. The molecule has 6 nitrogen and oxygen atoms in total. The van der Waals surface area contributed by atoms with E-state index in [1.807, 2.05) is 19.9 Å². The Morgan fingerprint density at radius 1 is 1.48 bits per heavy atom. The largest absolute Gasteiger partial charge is 0.447 e. The molecule has 1 saturated heterocycles. The summed E-state index contributed by atoms with van der Waals surface area (Å²) in [7, 11) is 1.56. The van der Waals surface area contributed by atoms with Crippen molar-refractivity contribution in [2.24, 2.45) is 0 Å². The van der Waals surface area contributed by atoms with E-state index in [0.717, 1.165) is 12.0 Å². The molecule has 2 rings (SSSR count). The molecule has 6 heteroatoms. The van der Waals surface area contributed by atoms with E-state index in [1.165, 1.54) is 0 Å². The van der Waals surface area contributed by atoms with E-state index in [4.69, 9.17) is 14.7 Å². The van der Waals surface area contributed by atoms with Crippen molar-refractivity contribution in [3.8, 4) is 17.9 Å². The summed E-state index contributed by atoms with van der Waals surface area (Å²) < 4.78 is 10.1. The Labute approximate surface area is 148 Å². The molecule has 1 aromatic rings. The Bertz CT molecular complexity index is 766. The minimum Gasteiger partial charge on any atom is -0.447 e. The molecule has 0 saturated carbocycles. The Balaban J connectivity index is 2.08. The van der Waals surface area contributed by atoms with Crippen LogP contribution < -0.4 is 0 Å². The molecule has 1 aromatic heterocycles. The predicted octanol–water partition coefficient (Wildman–Crippen LogP) is 2.50. The van der Waals surface area contributed by atoms with Crippen LogP contribution in [0.25, 0.3) is 0 Å². The van der Waals surface area contributed by atoms with E-state index in [2.05, 4.69) is 22.9 Å². The van der Waals surface area contributed by atoms with Gasteiger partial charge in [-0.1, -0.05) is 5.92 Å². The van der Waals surface area contributed by atoms with Crippen molar-refractivity contribution in [1.82, 2.24) is 9.88 Å². The zero-order valence-corrected chi connectivity index (χ0v) is 14.7. The maximum absolute atomic E-state index is 12.2. The topological polar surface area (TPSA) is 75.5 Å². The quantitative estimate of drug-likeness (QED) is 0.625. The maximum Gasteiger partial charge on any atom is 0.410 e. The molecule has 1 fully saturated rings. The second-order valence-corrected chi connectivity index (χ2v) is 6.05. The van der Waals surface area contributed by atoms with Crippen LogP contribution in [0.15, 0.2) is 30.0 Å². The van der Waals surface area contributed by atoms with Crippen LogP contribution in [0.5, 0.6) is 0 Å². The molecule has 1 amide bonds. The van der Waals surface area contributed by atoms with Gasteiger partial charge in [-0.25, -0.2) is 9.78 Å². The number of nitriles is 1. The molecule has 0 radical (unpaired) electrons. The van der Waals surface area contributed by atoms with Crippen LogP contribution in [0, 0.1) is 23.2 Å². The molecule has 2 heterocycles. The fourth-order valence-corrected chi connectivity index (χ4v) is 2.62. The number of aromatic nitrogens is 1. The van der Waals surface area contributed by atoms with Crippen molar-refractivity contribution in [2.45, 2.75) is 25.8 Å². The van der Waals surface area contributed by atoms with E-state index < -0.39 is 5.54 Å². The molecule has 0 aliphatic carbocycles. The van der Waals surface area contributed by atoms with Gasteiger partial charge in [0, 0.05) is 19.9 Å². The number of carbonyl (C=O) groups excluding carboxylic acids is 1. The summed E-state index contributed by atoms with van der Waals surface area (Å²) in [5, 5.41) is 8.89. The molecule has 0 N–H and O–H groups in total. The number of allylic oxidation sites excluding steroid dienone is 1. The van der Waals surface area contributed by atoms with Crippen LogP contribution in [0.4, 0.5) is 4.79 Å². The second kappa shape index (κ2) is 8.32. The first-order valence-corrected chi connectivity index (χ1v) is 7.99. The van der Waals surface area contributed by atoms with Gasteiger partial charge in [0.1, 0.15) is 12.3 Å². The van der Waals surface area contributed by atoms with Gasteiger partial charge in [0.25, 0.3) is 0 Å². The van der Waals surface area contributed by atoms with Gasteiger partial charge in [0.05, 0.1) is 23.8 Å². The van der Waals surface area contributed by atoms with Crippen molar-refractivity contribution < 1.29 is 14.3 Å². The number of pyridine rings is 1. The zero-order chi connectivity index (χ0) is 18.3. The van der Waals surface area contributed by atoms with E-state index in [9.17, 15) is 4.79 Å². The van der Waals surface area contributed by atoms with Crippen LogP contribution in [0.1, 0.15) is 31.5 Å². The minimum atomic E-state index is -0.458. The summed E-state index contributed by atoms with van der Waals surface area (Å²) in [6, 6.07) is 5.34. The second-order valence-electron chi connectivity index (χ2n) is 6.05. The molecule has 0 atom stereocenters. The molecule has 0 bridgehead atoms. The molecule has 1 aliphatic rings. The van der Waals surface area contributed by atoms with Crippen molar-refractivity contribution in [3.63, 3.8) is 0 Å². The van der Waals surface area contributed by atoms with Crippen molar-refractivity contribution in [3.05, 3.63) is 41.2 Å². The molecule has 25 heavy (non-hydrogen) atoms. The monoisotopic (exact) mass is 339 g/mol. The molecular formula is C19H21N3O3. The predicted molar refractivity (Wildman–Crippen MR) is 92.5 cm³/mol. The number of methoxy groups -OCH3 is 1. The Kier molecular flexibility index (Phi) is 6.16. The lowest BCUT2D eigenvalue weighted by atomic mass is 9.95. The van der Waals surface area contributed by atoms with Crippen LogP contribution in [0.2, 0.25) is 0 Å². The normalized spacial score (nSPS) is 16.9. The summed E-state index contributed by atoms with van der Waals surface area (Å²) in [5.41, 5.74) is 1.67. The number of likely N-dealkylation sites (tertiary alicyclic amines) is 1. The van der Waals surface area contributed by atoms with Gasteiger partial charge in [-0.3, -0.25) is 4.90 Å². The lowest BCUT2D eigenvalue weighted by Crippen LogP contribution is -2.44. The standard InChI is InChI=1S/C19H21N3O3/c1-19(2)16(8-10-22(19)18(23)25-12-11-24-3)5-4-6-17-13-15(14-20)7-9-21-17/h5,7,9,13H,8,10-12H2,1-3H3/b16-5+. The molecule has 130 valence electrons. The van der Waals surface area contributed by atoms with Crippen LogP contribution in [-0.4, -0.2) is 48.4 Å². The Morgan fingerprint density at radius 2 is 2.28 bits per heavy atom. The average molecular weight is 339 g/mol. The first-order chi connectivity index (χ1) is 12.0. The highest BCUT2D eigenvalue weighted by Crippen LogP contribution is 2.34. The van der Waals surface area contributed by atoms with Gasteiger partial charge in [-0.2, -0.15) is 5.26 Å². The minimum absolute atomic E-state index is 0.238. The summed E-state index contributed by atoms with van der Waals surface area (Å²) >= 11 is 0. The number of rotatable bonds is 3. The zero-order valence-electron chi connectivity index (χ0n) is 14.7. The van der Waals surface area contributed by atoms with E-state index in [-0.39, 0.29) is 12.7 Å². The fourth-order valence-electron chi connectivity index (χ4n) is 2.62. The molecular weight excluding hydrogens is 318 g/mol. The van der Waals surface area contributed by atoms with Crippen molar-refractivity contribution >= 4 is 6.09 Å². The first-order valence-electron chi connectivity index (χ1n) is 7.99. The van der Waals surface area contributed by atoms with E-state index >= 15 is 0 Å². The number of carbonyl (C=O) groups is 1. The highest BCUT2D eigenvalue weighted by atomic mass is 16.6. The van der Waals surface area contributed by atoms with Crippen LogP contribution >= 0.6 is 0 Å². The van der Waals surface area contributed by atoms with Crippen molar-refractivity contribution in [1.29, 1.82) is 5.26 Å². The third-order valence-electron chi connectivity index (χ3n) is 4.13. The van der Waals surface area contributed by atoms with Gasteiger partial charge in [0.2, 0.25) is 0 Å². The molecule has 0 aromatic carbocycles. The van der Waals surface area contributed by atoms with E-state index in [1.54, 1.807) is 30.3 Å². The third-order valence-corrected chi connectivity index (χ3v) is 4.13. The molecule has 1 aliphatic heterocycles. The van der Waals surface area contributed by atoms with E-state index in [0.29, 0.717) is 24.4 Å². The average Bonchev–Trinajstić information content (AvgIpc) is 2.90. The van der Waals surface area contributed by atoms with Gasteiger partial charge in [-0.15, -0.1) is 0 Å². The Morgan fingerprint density at radius 3 is 3.00 bits per heavy atom. The number of amides is 1. The third kappa shape index (κ3) is 4.59. The Hall–Kier alpha value is -2.83. The smallest absolute Gasteiger partial charge is 0.410 e. The van der Waals surface area contributed by atoms with Crippen molar-refractivity contribution in [2.75, 3.05) is 26.9 Å². The van der Waals surface area contributed by atoms with Gasteiger partial charge in [0.15, 0.2) is 0 Å². The number of ether oxygens (including phenoxy) is 2. The van der Waals surface area contributed by atoms with Gasteiger partial charge >= 0.3 is 6.09 Å². The summed E-state index contributed by atoms with van der Waals surface area (Å²) in [5.74, 6) is 5.91. The van der Waals surface area contributed by atoms with Gasteiger partial charge in [-0.05, 0) is 50.0 Å². The lowest BCUT2D eigenvalue weighted by molar-refractivity contribution is 0.0610. The SMILES string of the molecule is COCCOC(=O)N1CC/C(=C\C#Cc2cc(C#N)ccn2)C1(C)C. The maximum atomic E-state index is 12.2. The fraction of sp³-hybridized carbons (Fsp3) is 0.421. The number of hydrogen-bond acceptors (Lipinski definition) is 5. The van der Waals surface area contributed by atoms with Gasteiger partial charge < -0.3 is 9.47 Å².